The Bertz CT molecular complexity index is 793. The normalized spacial score (nSPS) is 12.7. The number of nitrogens with zero attached hydrogens (tertiary/aromatic N) is 1. The third kappa shape index (κ3) is 1.36. The van der Waals surface area contributed by atoms with Gasteiger partial charge < -0.3 is 4.57 Å². The Labute approximate surface area is 113 Å². The zero-order chi connectivity index (χ0) is 13.0. The summed E-state index contributed by atoms with van der Waals surface area (Å²) in [5.74, 6) is 0. The predicted molar refractivity (Wildman–Crippen MR) is 80.5 cm³/mol. The number of benzene rings is 2. The average Bonchev–Trinajstić information content (AvgIpc) is 2.96. The largest absolute Gasteiger partial charge is 0.347 e. The monoisotopic (exact) mass is 247 g/mol. The third-order valence-electron chi connectivity index (χ3n) is 4.44. The Hall–Kier alpha value is -2.02. The van der Waals surface area contributed by atoms with Crippen molar-refractivity contribution in [1.82, 2.24) is 4.57 Å². The lowest BCUT2D eigenvalue weighted by molar-refractivity contribution is 0.893. The molecule has 0 amide bonds. The molecule has 0 atom stereocenters. The molecule has 1 aromatic heterocycles. The van der Waals surface area contributed by atoms with Gasteiger partial charge in [0.15, 0.2) is 0 Å². The Morgan fingerprint density at radius 1 is 1.11 bits per heavy atom. The molecule has 1 aliphatic carbocycles. The lowest BCUT2D eigenvalue weighted by Gasteiger charge is -2.04. The molecule has 19 heavy (non-hydrogen) atoms. The van der Waals surface area contributed by atoms with E-state index in [1.54, 1.807) is 0 Å². The van der Waals surface area contributed by atoms with E-state index in [1.165, 1.54) is 38.9 Å². The molecule has 0 fully saturated rings. The van der Waals surface area contributed by atoms with Gasteiger partial charge in [-0.05, 0) is 35.2 Å². The second-order valence-corrected chi connectivity index (χ2v) is 5.42. The van der Waals surface area contributed by atoms with Crippen LogP contribution >= 0.6 is 0 Å². The van der Waals surface area contributed by atoms with E-state index in [0.29, 0.717) is 0 Å². The number of aromatic nitrogens is 1. The summed E-state index contributed by atoms with van der Waals surface area (Å²) in [6, 6.07) is 15.7. The van der Waals surface area contributed by atoms with Crippen molar-refractivity contribution in [2.75, 3.05) is 0 Å². The van der Waals surface area contributed by atoms with Crippen molar-refractivity contribution in [3.05, 3.63) is 59.3 Å². The number of hydrogen-bond acceptors (Lipinski definition) is 0. The summed E-state index contributed by atoms with van der Waals surface area (Å²) < 4.78 is 2.37. The smallest absolute Gasteiger partial charge is 0.0486 e. The summed E-state index contributed by atoms with van der Waals surface area (Å²) in [6.07, 6.45) is 2.17. The van der Waals surface area contributed by atoms with Crippen molar-refractivity contribution in [2.45, 2.75) is 19.8 Å². The van der Waals surface area contributed by atoms with Crippen LogP contribution in [0.2, 0.25) is 0 Å². The van der Waals surface area contributed by atoms with E-state index in [0.717, 1.165) is 12.8 Å². The Kier molecular flexibility index (Phi) is 2.14. The lowest BCUT2D eigenvalue weighted by Crippen LogP contribution is -1.94. The van der Waals surface area contributed by atoms with Crippen LogP contribution in [-0.4, -0.2) is 4.57 Å². The Morgan fingerprint density at radius 2 is 1.95 bits per heavy atom. The molecule has 3 aromatic rings. The summed E-state index contributed by atoms with van der Waals surface area (Å²) in [5.41, 5.74) is 8.60. The molecule has 0 saturated heterocycles. The van der Waals surface area contributed by atoms with Gasteiger partial charge in [0.05, 0.1) is 0 Å². The zero-order valence-electron chi connectivity index (χ0n) is 11.4. The van der Waals surface area contributed by atoms with Crippen LogP contribution in [0.5, 0.6) is 0 Å². The summed E-state index contributed by atoms with van der Waals surface area (Å²) in [7, 11) is 2.19. The highest BCUT2D eigenvalue weighted by atomic mass is 15.0. The van der Waals surface area contributed by atoms with Crippen molar-refractivity contribution in [1.29, 1.82) is 0 Å². The second kappa shape index (κ2) is 3.74. The van der Waals surface area contributed by atoms with E-state index in [4.69, 9.17) is 0 Å². The van der Waals surface area contributed by atoms with E-state index < -0.39 is 0 Å². The van der Waals surface area contributed by atoms with Crippen LogP contribution in [0.4, 0.5) is 0 Å². The predicted octanol–water partition coefficient (Wildman–Crippen LogP) is 4.31. The zero-order valence-corrected chi connectivity index (χ0v) is 11.4. The number of rotatable bonds is 1. The van der Waals surface area contributed by atoms with E-state index in [-0.39, 0.29) is 0 Å². The summed E-state index contributed by atoms with van der Waals surface area (Å²) >= 11 is 0. The van der Waals surface area contributed by atoms with Gasteiger partial charge >= 0.3 is 0 Å². The van der Waals surface area contributed by atoms with Gasteiger partial charge in [0.1, 0.15) is 0 Å². The Balaban J connectivity index is 2.12. The van der Waals surface area contributed by atoms with Crippen LogP contribution in [0.15, 0.2) is 42.5 Å². The van der Waals surface area contributed by atoms with Gasteiger partial charge in [0.25, 0.3) is 0 Å². The number of aryl methyl sites for hydroxylation is 2. The van der Waals surface area contributed by atoms with E-state index in [9.17, 15) is 0 Å². The molecule has 1 nitrogen and oxygen atoms in total. The molecule has 0 bridgehead atoms. The molecule has 0 radical (unpaired) electrons. The lowest BCUT2D eigenvalue weighted by atomic mass is 10.0. The molecular weight excluding hydrogens is 230 g/mol. The highest BCUT2D eigenvalue weighted by molar-refractivity contribution is 6.01. The molecular formula is C18H17N. The maximum Gasteiger partial charge on any atom is 0.0486 e. The molecule has 4 rings (SSSR count). The van der Waals surface area contributed by atoms with Crippen molar-refractivity contribution >= 4 is 10.9 Å². The fraction of sp³-hybridized carbons (Fsp3) is 0.222. The van der Waals surface area contributed by atoms with Crippen LogP contribution < -0.4 is 0 Å². The molecule has 1 heteroatoms. The quantitative estimate of drug-likeness (QED) is 0.472. The minimum Gasteiger partial charge on any atom is -0.347 e. The Morgan fingerprint density at radius 3 is 2.79 bits per heavy atom. The fourth-order valence-corrected chi connectivity index (χ4v) is 3.37. The number of hydrogen-bond donors (Lipinski definition) is 0. The van der Waals surface area contributed by atoms with Crippen LogP contribution in [0.3, 0.4) is 0 Å². The van der Waals surface area contributed by atoms with Gasteiger partial charge in [-0.2, -0.15) is 0 Å². The van der Waals surface area contributed by atoms with Gasteiger partial charge in [0, 0.05) is 35.6 Å². The molecule has 0 N–H and O–H groups in total. The minimum absolute atomic E-state index is 1.07. The van der Waals surface area contributed by atoms with E-state index >= 15 is 0 Å². The van der Waals surface area contributed by atoms with E-state index in [2.05, 4.69) is 61.0 Å². The highest BCUT2D eigenvalue weighted by Crippen LogP contribution is 2.43. The van der Waals surface area contributed by atoms with E-state index in [1.807, 2.05) is 0 Å². The SMILES string of the molecule is CCc1ccc2c(c1)c1c(n2C)Cc2ccccc2-1. The maximum absolute atomic E-state index is 2.37. The van der Waals surface area contributed by atoms with Gasteiger partial charge in [-0.25, -0.2) is 0 Å². The van der Waals surface area contributed by atoms with Crippen molar-refractivity contribution in [2.24, 2.45) is 7.05 Å². The minimum atomic E-state index is 1.07. The van der Waals surface area contributed by atoms with Crippen LogP contribution in [-0.2, 0) is 19.9 Å². The van der Waals surface area contributed by atoms with Crippen molar-refractivity contribution < 1.29 is 0 Å². The van der Waals surface area contributed by atoms with Gasteiger partial charge in [-0.1, -0.05) is 37.3 Å². The van der Waals surface area contributed by atoms with Crippen molar-refractivity contribution in [3.8, 4) is 11.1 Å². The molecule has 94 valence electrons. The van der Waals surface area contributed by atoms with Crippen LogP contribution in [0.1, 0.15) is 23.7 Å². The highest BCUT2D eigenvalue weighted by Gasteiger charge is 2.24. The standard InChI is InChI=1S/C18H17N/c1-3-12-8-9-16-15(10-12)18-14-7-5-4-6-13(14)11-17(18)19(16)2/h4-10H,3,11H2,1-2H3. The molecule has 0 unspecified atom stereocenters. The number of fused-ring (bicyclic) bond motifs is 5. The first-order valence-electron chi connectivity index (χ1n) is 6.98. The first kappa shape index (κ1) is 10.9. The second-order valence-electron chi connectivity index (χ2n) is 5.42. The van der Waals surface area contributed by atoms with Gasteiger partial charge in [0.2, 0.25) is 0 Å². The molecule has 1 heterocycles. The van der Waals surface area contributed by atoms with Crippen molar-refractivity contribution in [3.63, 3.8) is 0 Å². The first-order chi connectivity index (χ1) is 9.29. The van der Waals surface area contributed by atoms with Gasteiger partial charge in [-0.3, -0.25) is 0 Å². The van der Waals surface area contributed by atoms with Crippen LogP contribution in [0.25, 0.3) is 22.0 Å². The average molecular weight is 247 g/mol. The fourth-order valence-electron chi connectivity index (χ4n) is 3.37. The summed E-state index contributed by atoms with van der Waals surface area (Å²) in [6.45, 7) is 2.22. The topological polar surface area (TPSA) is 4.93 Å². The molecule has 0 aliphatic heterocycles. The summed E-state index contributed by atoms with van der Waals surface area (Å²) in [5, 5.41) is 1.42. The van der Waals surface area contributed by atoms with Gasteiger partial charge in [-0.15, -0.1) is 0 Å². The maximum atomic E-state index is 2.37. The molecule has 0 saturated carbocycles. The van der Waals surface area contributed by atoms with Crippen LogP contribution in [0, 0.1) is 0 Å². The molecule has 1 aliphatic rings. The third-order valence-corrected chi connectivity index (χ3v) is 4.44. The first-order valence-corrected chi connectivity index (χ1v) is 6.98. The molecule has 2 aromatic carbocycles. The molecule has 0 spiro atoms. The summed E-state index contributed by atoms with van der Waals surface area (Å²) in [4.78, 5) is 0.